The normalized spacial score (nSPS) is 11.3. The zero-order valence-electron chi connectivity index (χ0n) is 32.0. The number of aryl methyl sites for hydroxylation is 2. The Morgan fingerprint density at radius 3 is 1.46 bits per heavy atom. The number of aliphatic imine (C=N–C) groups is 1. The van der Waals surface area contributed by atoms with Crippen molar-refractivity contribution >= 4 is 70.9 Å². The molecule has 314 valence electrons. The van der Waals surface area contributed by atoms with E-state index in [0.29, 0.717) is 0 Å². The number of nitrogens with zero attached hydrogens (tertiary/aromatic N) is 17. The maximum Gasteiger partial charge on any atom is 0.335 e. The van der Waals surface area contributed by atoms with Gasteiger partial charge in [-0.2, -0.15) is 50.0 Å². The van der Waals surface area contributed by atoms with Crippen LogP contribution in [0.3, 0.4) is 0 Å². The van der Waals surface area contributed by atoms with Crippen molar-refractivity contribution in [2.75, 3.05) is 11.5 Å². The fraction of sp³-hybridized carbons (Fsp3) is 0.0571. The third-order valence-electron chi connectivity index (χ3n) is 8.67. The molecule has 9 N–H and O–H groups in total. The molecule has 0 bridgehead atoms. The number of hydrogen-bond donors (Lipinski definition) is 7. The van der Waals surface area contributed by atoms with Crippen molar-refractivity contribution in [2.24, 2.45) is 25.4 Å². The highest BCUT2D eigenvalue weighted by Gasteiger charge is 2.24. The number of aromatic hydroxyl groups is 1. The van der Waals surface area contributed by atoms with Crippen molar-refractivity contribution in [1.82, 2.24) is 54.1 Å². The molecule has 28 heteroatoms. The van der Waals surface area contributed by atoms with Crippen LogP contribution in [0.15, 0.2) is 74.2 Å². The summed E-state index contributed by atoms with van der Waals surface area (Å²) in [6, 6.07) is 7.56. The molecule has 28 nitrogen and oxygen atoms in total. The van der Waals surface area contributed by atoms with Gasteiger partial charge in [0.05, 0.1) is 57.4 Å². The Bertz CT molecular complexity index is 3140. The lowest BCUT2D eigenvalue weighted by molar-refractivity contribution is 0.0676. The monoisotopic (exact) mass is 855 g/mol. The summed E-state index contributed by atoms with van der Waals surface area (Å²) in [4.78, 5) is 62.9. The molecule has 2 aromatic carbocycles. The number of nitrogen functional groups attached to an aromatic ring is 2. The molecule has 0 saturated heterocycles. The number of aromatic nitrogens is 11. The van der Waals surface area contributed by atoms with Crippen LogP contribution >= 0.6 is 0 Å². The number of azo groups is 2. The first-order chi connectivity index (χ1) is 30.0. The van der Waals surface area contributed by atoms with Gasteiger partial charge >= 0.3 is 29.9 Å². The van der Waals surface area contributed by atoms with Crippen molar-refractivity contribution < 1.29 is 44.7 Å². The summed E-state index contributed by atoms with van der Waals surface area (Å²) in [5.41, 5.74) is 11.5. The lowest BCUT2D eigenvalue weighted by Gasteiger charge is -2.07. The summed E-state index contributed by atoms with van der Waals surface area (Å²) in [6.07, 6.45) is 2.35. The summed E-state index contributed by atoms with van der Waals surface area (Å²) in [6.45, 7) is 6.47. The SMILES string of the molecule is C=Nc1cnn(-c2cc(C(=O)O)cc(C(=O)O)c2)c1N=Nc1c(C)nn(-c2nc(O)nc(-n3nc(C)c(N=Nc4c(C#N)cnn4-c4cc(C(=O)O)cc(C(=O)O)c4)c3N)n2)c1N. The third-order valence-corrected chi connectivity index (χ3v) is 8.67. The number of carbonyl (C=O) groups is 4. The van der Waals surface area contributed by atoms with Gasteiger partial charge in [-0.15, -0.1) is 20.5 Å². The molecule has 7 aromatic rings. The van der Waals surface area contributed by atoms with Crippen LogP contribution in [-0.2, 0) is 0 Å². The number of nitrogens with two attached hydrogens (primary N) is 2. The molecule has 0 radical (unpaired) electrons. The molecule has 63 heavy (non-hydrogen) atoms. The predicted octanol–water partition coefficient (Wildman–Crippen LogP) is 3.93. The second kappa shape index (κ2) is 15.9. The van der Waals surface area contributed by atoms with E-state index in [0.717, 1.165) is 49.2 Å². The van der Waals surface area contributed by atoms with E-state index >= 15 is 0 Å². The Balaban J connectivity index is 1.23. The standard InChI is InChI=1S/C35H25N19O9/c1-13-23(45-47-27-19(10-36)11-40-51(27)20-6-15(29(55)56)4-16(7-20)30(57)58)25(37)53(49-13)33-42-34(44-35(63)43-33)54-26(38)24(14(2)50-54)46-48-28-22(39-3)12-41-52(28)21-8-17(31(59)60)5-18(9-21)32(61)62/h4-9,11-12H,3,37-38H2,1-2H3,(H,55,56)(H,57,58)(H,59,60)(H,61,62)(H,42,43,44,63). The minimum absolute atomic E-state index is 0.000340. The average molecular weight is 856 g/mol. The van der Waals surface area contributed by atoms with Crippen LogP contribution in [0.5, 0.6) is 6.01 Å². The van der Waals surface area contributed by atoms with Gasteiger partial charge in [-0.25, -0.2) is 28.5 Å². The number of hydrogen-bond acceptors (Lipinski definition) is 20. The molecular formula is C35H25N19O9. The molecular weight excluding hydrogens is 831 g/mol. The summed E-state index contributed by atoms with van der Waals surface area (Å²) in [7, 11) is 0. The van der Waals surface area contributed by atoms with Gasteiger partial charge in [0.15, 0.2) is 28.8 Å². The number of benzene rings is 2. The zero-order valence-corrected chi connectivity index (χ0v) is 32.0. The number of carboxylic acid groups (broad SMARTS) is 4. The quantitative estimate of drug-likeness (QED) is 0.0638. The van der Waals surface area contributed by atoms with Gasteiger partial charge in [-0.1, -0.05) is 0 Å². The summed E-state index contributed by atoms with van der Waals surface area (Å²) in [5, 5.41) is 92.1. The Morgan fingerprint density at radius 1 is 0.635 bits per heavy atom. The van der Waals surface area contributed by atoms with Gasteiger partial charge in [-0.3, -0.25) is 4.99 Å². The van der Waals surface area contributed by atoms with Crippen LogP contribution in [0.25, 0.3) is 23.3 Å². The van der Waals surface area contributed by atoms with Crippen LogP contribution in [-0.4, -0.2) is 110 Å². The summed E-state index contributed by atoms with van der Waals surface area (Å²) < 4.78 is 4.07. The first-order valence-corrected chi connectivity index (χ1v) is 17.3. The Labute approximate surface area is 348 Å². The fourth-order valence-corrected chi connectivity index (χ4v) is 5.75. The maximum atomic E-state index is 11.7. The van der Waals surface area contributed by atoms with Crippen molar-refractivity contribution in [3.8, 4) is 35.4 Å². The minimum Gasteiger partial charge on any atom is -0.479 e. The van der Waals surface area contributed by atoms with Crippen LogP contribution in [0.1, 0.15) is 58.4 Å². The Morgan fingerprint density at radius 2 is 1.05 bits per heavy atom. The highest BCUT2D eigenvalue weighted by atomic mass is 16.4. The topological polar surface area (TPSA) is 417 Å². The molecule has 0 aliphatic rings. The number of anilines is 2. The van der Waals surface area contributed by atoms with Crippen molar-refractivity contribution in [2.45, 2.75) is 13.8 Å². The van der Waals surface area contributed by atoms with Crippen LogP contribution in [0, 0.1) is 25.2 Å². The van der Waals surface area contributed by atoms with E-state index in [2.05, 4.69) is 67.5 Å². The molecule has 0 saturated carbocycles. The van der Waals surface area contributed by atoms with Gasteiger partial charge in [0.25, 0.3) is 11.9 Å². The van der Waals surface area contributed by atoms with E-state index in [1.165, 1.54) is 32.2 Å². The average Bonchev–Trinajstić information content (AvgIpc) is 4.01. The van der Waals surface area contributed by atoms with Crippen molar-refractivity contribution in [3.05, 3.63) is 88.0 Å². The van der Waals surface area contributed by atoms with Gasteiger partial charge in [0.1, 0.15) is 17.3 Å². The molecule has 0 fully saturated rings. The molecule has 0 aliphatic carbocycles. The molecule has 5 heterocycles. The zero-order chi connectivity index (χ0) is 45.4. The van der Waals surface area contributed by atoms with Crippen LogP contribution in [0.2, 0.25) is 0 Å². The number of nitriles is 1. The molecule has 0 aliphatic heterocycles. The largest absolute Gasteiger partial charge is 0.479 e. The van der Waals surface area contributed by atoms with E-state index in [1.54, 1.807) is 0 Å². The van der Waals surface area contributed by atoms with Crippen molar-refractivity contribution in [3.63, 3.8) is 0 Å². The van der Waals surface area contributed by atoms with Gasteiger partial charge in [0, 0.05) is 0 Å². The van der Waals surface area contributed by atoms with E-state index < -0.39 is 29.9 Å². The van der Waals surface area contributed by atoms with Crippen LogP contribution in [0.4, 0.5) is 40.3 Å². The Hall–Kier alpha value is -10.1. The van der Waals surface area contributed by atoms with Gasteiger partial charge in [0.2, 0.25) is 5.82 Å². The van der Waals surface area contributed by atoms with Gasteiger partial charge in [-0.05, 0) is 57.0 Å². The lowest BCUT2D eigenvalue weighted by atomic mass is 10.1. The van der Waals surface area contributed by atoms with E-state index in [4.69, 9.17) is 11.5 Å². The second-order valence-electron chi connectivity index (χ2n) is 12.7. The van der Waals surface area contributed by atoms with Gasteiger partial charge < -0.3 is 37.0 Å². The van der Waals surface area contributed by atoms with E-state index in [9.17, 15) is 50.0 Å². The predicted molar refractivity (Wildman–Crippen MR) is 211 cm³/mol. The molecule has 7 rings (SSSR count). The molecule has 0 spiro atoms. The molecule has 5 aromatic heterocycles. The number of rotatable bonds is 13. The smallest absolute Gasteiger partial charge is 0.335 e. The fourth-order valence-electron chi connectivity index (χ4n) is 5.75. The first kappa shape index (κ1) is 41.1. The summed E-state index contributed by atoms with van der Waals surface area (Å²) in [5.74, 6) is -7.09. The van der Waals surface area contributed by atoms with Crippen LogP contribution < -0.4 is 11.5 Å². The molecule has 0 amide bonds. The number of aromatic carboxylic acids is 4. The highest BCUT2D eigenvalue weighted by Crippen LogP contribution is 2.36. The minimum atomic E-state index is -1.42. The van der Waals surface area contributed by atoms with E-state index in [-0.39, 0.29) is 103 Å². The first-order valence-electron chi connectivity index (χ1n) is 17.3. The van der Waals surface area contributed by atoms with Crippen molar-refractivity contribution in [1.29, 1.82) is 5.26 Å². The summed E-state index contributed by atoms with van der Waals surface area (Å²) >= 11 is 0. The number of carboxylic acids is 4. The maximum absolute atomic E-state index is 11.7. The molecule has 0 atom stereocenters. The van der Waals surface area contributed by atoms with E-state index in [1.807, 2.05) is 6.07 Å². The second-order valence-corrected chi connectivity index (χ2v) is 12.7. The molecule has 0 unspecified atom stereocenters. The highest BCUT2D eigenvalue weighted by molar-refractivity contribution is 5.96. The Kier molecular flexibility index (Phi) is 10.4. The third kappa shape index (κ3) is 7.67. The lowest BCUT2D eigenvalue weighted by Crippen LogP contribution is -2.13.